The van der Waals surface area contributed by atoms with Crippen LogP contribution in [0.1, 0.15) is 62.2 Å². The molecule has 0 aliphatic heterocycles. The number of hydrogen-bond acceptors (Lipinski definition) is 4. The number of methoxy groups -OCH3 is 1. The first kappa shape index (κ1) is 18.3. The molecule has 0 aromatic heterocycles. The summed E-state index contributed by atoms with van der Waals surface area (Å²) in [6.07, 6.45) is 7.02. The molecule has 1 saturated carbocycles. The Balaban J connectivity index is 1.73. The monoisotopic (exact) mass is 333 g/mol. The van der Waals surface area contributed by atoms with E-state index in [-0.39, 0.29) is 11.7 Å². The van der Waals surface area contributed by atoms with Crippen molar-refractivity contribution >= 4 is 11.7 Å². The second-order valence-corrected chi connectivity index (χ2v) is 6.28. The molecule has 24 heavy (non-hydrogen) atoms. The zero-order valence-electron chi connectivity index (χ0n) is 14.6. The van der Waals surface area contributed by atoms with Crippen LogP contribution in [0.5, 0.6) is 11.5 Å². The van der Waals surface area contributed by atoms with Gasteiger partial charge in [-0.3, -0.25) is 9.59 Å². The molecule has 1 aromatic rings. The largest absolute Gasteiger partial charge is 0.493 e. The number of ether oxygens (including phenoxy) is 2. The van der Waals surface area contributed by atoms with E-state index in [1.165, 1.54) is 26.2 Å². The zero-order valence-corrected chi connectivity index (χ0v) is 14.6. The van der Waals surface area contributed by atoms with Gasteiger partial charge < -0.3 is 14.8 Å². The summed E-state index contributed by atoms with van der Waals surface area (Å²) in [5.74, 6) is 1.22. The topological polar surface area (TPSA) is 64.6 Å². The molecule has 5 nitrogen and oxygen atoms in total. The predicted octanol–water partition coefficient (Wildman–Crippen LogP) is 3.51. The molecule has 0 unspecified atom stereocenters. The lowest BCUT2D eigenvalue weighted by Crippen LogP contribution is -2.36. The van der Waals surface area contributed by atoms with E-state index in [0.29, 0.717) is 42.6 Å². The fourth-order valence-corrected chi connectivity index (χ4v) is 2.97. The first-order valence-corrected chi connectivity index (χ1v) is 8.71. The van der Waals surface area contributed by atoms with Gasteiger partial charge in [-0.15, -0.1) is 0 Å². The molecule has 0 radical (unpaired) electrons. The van der Waals surface area contributed by atoms with Crippen LogP contribution in [-0.2, 0) is 4.79 Å². The van der Waals surface area contributed by atoms with E-state index < -0.39 is 0 Å². The second-order valence-electron chi connectivity index (χ2n) is 6.28. The fourth-order valence-electron chi connectivity index (χ4n) is 2.97. The average Bonchev–Trinajstić information content (AvgIpc) is 2.59. The standard InChI is InChI=1S/C19H27NO4/c1-14(21)15-10-11-17(18(13-15)23-2)24-12-6-9-19(22)20-16-7-4-3-5-8-16/h10-11,13,16H,3-9,12H2,1-2H3,(H,20,22). The summed E-state index contributed by atoms with van der Waals surface area (Å²) in [4.78, 5) is 23.3. The number of nitrogens with one attached hydrogen (secondary N) is 1. The molecule has 0 bridgehead atoms. The van der Waals surface area contributed by atoms with Crippen molar-refractivity contribution in [3.05, 3.63) is 23.8 Å². The van der Waals surface area contributed by atoms with Gasteiger partial charge in [0.15, 0.2) is 17.3 Å². The van der Waals surface area contributed by atoms with Crippen LogP contribution in [0.2, 0.25) is 0 Å². The summed E-state index contributed by atoms with van der Waals surface area (Å²) in [5, 5.41) is 3.10. The Morgan fingerprint density at radius 2 is 1.92 bits per heavy atom. The molecule has 0 saturated heterocycles. The van der Waals surface area contributed by atoms with Crippen LogP contribution >= 0.6 is 0 Å². The minimum absolute atomic E-state index is 0.0146. The molecule has 0 spiro atoms. The van der Waals surface area contributed by atoms with Crippen molar-refractivity contribution in [1.29, 1.82) is 0 Å². The lowest BCUT2D eigenvalue weighted by atomic mass is 9.95. The van der Waals surface area contributed by atoms with E-state index in [9.17, 15) is 9.59 Å². The zero-order chi connectivity index (χ0) is 17.4. The Bertz CT molecular complexity index is 564. The Morgan fingerprint density at radius 3 is 2.58 bits per heavy atom. The maximum Gasteiger partial charge on any atom is 0.220 e. The van der Waals surface area contributed by atoms with Gasteiger partial charge in [-0.25, -0.2) is 0 Å². The molecule has 1 amide bonds. The van der Waals surface area contributed by atoms with Gasteiger partial charge in [0.2, 0.25) is 5.91 Å². The first-order valence-electron chi connectivity index (χ1n) is 8.71. The fraction of sp³-hybridized carbons (Fsp3) is 0.579. The molecule has 2 rings (SSSR count). The van der Waals surface area contributed by atoms with Gasteiger partial charge in [-0.1, -0.05) is 19.3 Å². The Hall–Kier alpha value is -2.04. The predicted molar refractivity (Wildman–Crippen MR) is 92.7 cm³/mol. The van der Waals surface area contributed by atoms with Crippen molar-refractivity contribution in [2.24, 2.45) is 0 Å². The third-order valence-corrected chi connectivity index (χ3v) is 4.35. The number of carbonyl (C=O) groups excluding carboxylic acids is 2. The maximum absolute atomic E-state index is 11.9. The van der Waals surface area contributed by atoms with Gasteiger partial charge in [0.1, 0.15) is 0 Å². The molecule has 1 aliphatic rings. The molecule has 132 valence electrons. The van der Waals surface area contributed by atoms with Crippen LogP contribution in [0.4, 0.5) is 0 Å². The smallest absolute Gasteiger partial charge is 0.220 e. The van der Waals surface area contributed by atoms with Gasteiger partial charge in [0, 0.05) is 18.0 Å². The summed E-state index contributed by atoms with van der Waals surface area (Å²) in [5.41, 5.74) is 0.589. The van der Waals surface area contributed by atoms with Crippen LogP contribution in [0.25, 0.3) is 0 Å². The van der Waals surface area contributed by atoms with E-state index in [1.54, 1.807) is 25.3 Å². The molecule has 1 fully saturated rings. The van der Waals surface area contributed by atoms with Crippen molar-refractivity contribution < 1.29 is 19.1 Å². The quantitative estimate of drug-likeness (QED) is 0.584. The molecule has 5 heteroatoms. The lowest BCUT2D eigenvalue weighted by Gasteiger charge is -2.22. The van der Waals surface area contributed by atoms with Gasteiger partial charge in [-0.2, -0.15) is 0 Å². The molecule has 0 heterocycles. The van der Waals surface area contributed by atoms with E-state index >= 15 is 0 Å². The number of rotatable bonds is 8. The lowest BCUT2D eigenvalue weighted by molar-refractivity contribution is -0.122. The normalized spacial score (nSPS) is 14.9. The van der Waals surface area contributed by atoms with E-state index in [2.05, 4.69) is 5.32 Å². The SMILES string of the molecule is COc1cc(C(C)=O)ccc1OCCCC(=O)NC1CCCCC1. The molecule has 1 aromatic carbocycles. The summed E-state index contributed by atoms with van der Waals surface area (Å²) in [7, 11) is 1.55. The van der Waals surface area contributed by atoms with Crippen molar-refractivity contribution in [2.75, 3.05) is 13.7 Å². The third kappa shape index (κ3) is 5.55. The third-order valence-electron chi connectivity index (χ3n) is 4.35. The van der Waals surface area contributed by atoms with Crippen molar-refractivity contribution in [3.8, 4) is 11.5 Å². The van der Waals surface area contributed by atoms with Crippen molar-refractivity contribution in [2.45, 2.75) is 57.9 Å². The van der Waals surface area contributed by atoms with Crippen LogP contribution in [0, 0.1) is 0 Å². The average molecular weight is 333 g/mol. The highest BCUT2D eigenvalue weighted by Gasteiger charge is 2.15. The number of Topliss-reactive ketones (excluding diaryl/α,β-unsaturated/α-hetero) is 1. The maximum atomic E-state index is 11.9. The van der Waals surface area contributed by atoms with Gasteiger partial charge in [0.05, 0.1) is 13.7 Å². The minimum atomic E-state index is -0.0146. The molecular weight excluding hydrogens is 306 g/mol. The van der Waals surface area contributed by atoms with Crippen LogP contribution in [0.15, 0.2) is 18.2 Å². The van der Waals surface area contributed by atoms with E-state index in [1.807, 2.05) is 0 Å². The molecule has 1 N–H and O–H groups in total. The Labute approximate surface area is 143 Å². The summed E-state index contributed by atoms with van der Waals surface area (Å²) < 4.78 is 10.9. The highest BCUT2D eigenvalue weighted by atomic mass is 16.5. The highest BCUT2D eigenvalue weighted by molar-refractivity contribution is 5.94. The van der Waals surface area contributed by atoms with Crippen molar-refractivity contribution in [1.82, 2.24) is 5.32 Å². The molecule has 1 aliphatic carbocycles. The number of carbonyl (C=O) groups is 2. The van der Waals surface area contributed by atoms with Gasteiger partial charge in [-0.05, 0) is 44.4 Å². The minimum Gasteiger partial charge on any atom is -0.493 e. The first-order chi connectivity index (χ1) is 11.6. The van der Waals surface area contributed by atoms with Crippen molar-refractivity contribution in [3.63, 3.8) is 0 Å². The number of hydrogen-bond donors (Lipinski definition) is 1. The van der Waals surface area contributed by atoms with E-state index in [0.717, 1.165) is 12.8 Å². The summed E-state index contributed by atoms with van der Waals surface area (Å²) >= 11 is 0. The summed E-state index contributed by atoms with van der Waals surface area (Å²) in [6, 6.07) is 5.48. The van der Waals surface area contributed by atoms with Crippen LogP contribution < -0.4 is 14.8 Å². The molecular formula is C19H27NO4. The molecule has 0 atom stereocenters. The van der Waals surface area contributed by atoms with Crippen LogP contribution in [-0.4, -0.2) is 31.4 Å². The number of amides is 1. The number of benzene rings is 1. The van der Waals surface area contributed by atoms with Gasteiger partial charge >= 0.3 is 0 Å². The Kier molecular flexibility index (Phi) is 7.09. The van der Waals surface area contributed by atoms with Crippen LogP contribution in [0.3, 0.4) is 0 Å². The second kappa shape index (κ2) is 9.30. The Morgan fingerprint density at radius 1 is 1.17 bits per heavy atom. The van der Waals surface area contributed by atoms with E-state index in [4.69, 9.17) is 9.47 Å². The summed E-state index contributed by atoms with van der Waals surface area (Å²) in [6.45, 7) is 1.95. The number of ketones is 1. The van der Waals surface area contributed by atoms with Gasteiger partial charge in [0.25, 0.3) is 0 Å². The highest BCUT2D eigenvalue weighted by Crippen LogP contribution is 2.28.